The molecule has 15 aromatic rings. The molecule has 5 heterocycles. The lowest BCUT2D eigenvalue weighted by molar-refractivity contribution is 0.668. The van der Waals surface area contributed by atoms with Crippen molar-refractivity contribution in [3.05, 3.63) is 194 Å². The van der Waals surface area contributed by atoms with E-state index in [2.05, 4.69) is 150 Å². The van der Waals surface area contributed by atoms with Gasteiger partial charge in [-0.25, -0.2) is 4.98 Å². The van der Waals surface area contributed by atoms with E-state index in [0.717, 1.165) is 93.3 Å². The van der Waals surface area contributed by atoms with Crippen LogP contribution in [-0.4, -0.2) is 19.5 Å². The van der Waals surface area contributed by atoms with E-state index < -0.39 is 0 Å². The molecule has 10 aromatic carbocycles. The van der Waals surface area contributed by atoms with E-state index in [1.54, 1.807) is 0 Å². The largest absolute Gasteiger partial charge is 0.456 e. The first kappa shape index (κ1) is 35.8. The molecule has 306 valence electrons. The third-order valence-corrected chi connectivity index (χ3v) is 14.6. The van der Waals surface area contributed by atoms with Gasteiger partial charge in [0.15, 0.2) is 11.6 Å². The van der Waals surface area contributed by atoms with Crippen molar-refractivity contribution in [2.75, 3.05) is 0 Å². The number of aromatic nitrogens is 4. The summed E-state index contributed by atoms with van der Waals surface area (Å²) in [4.78, 5) is 16.2. The van der Waals surface area contributed by atoms with Crippen LogP contribution in [0.3, 0.4) is 0 Å². The minimum Gasteiger partial charge on any atom is -0.456 e. The zero-order chi connectivity index (χ0) is 43.0. The Hall–Kier alpha value is -8.65. The van der Waals surface area contributed by atoms with Crippen LogP contribution in [0.2, 0.25) is 0 Å². The quantitative estimate of drug-likeness (QED) is 0.176. The second kappa shape index (κ2) is 13.4. The van der Waals surface area contributed by atoms with Gasteiger partial charge in [0.05, 0.1) is 16.6 Å². The van der Waals surface area contributed by atoms with Crippen LogP contribution in [0.4, 0.5) is 0 Å². The number of para-hydroxylation sites is 4. The molecular formula is C59H32N4O2S. The van der Waals surface area contributed by atoms with Crippen LogP contribution in [0, 0.1) is 0 Å². The van der Waals surface area contributed by atoms with E-state index in [4.69, 9.17) is 23.8 Å². The highest BCUT2D eigenvalue weighted by Gasteiger charge is 2.24. The molecule has 0 aliphatic rings. The second-order valence-corrected chi connectivity index (χ2v) is 18.2. The molecule has 0 spiro atoms. The number of thiophene rings is 1. The van der Waals surface area contributed by atoms with Crippen molar-refractivity contribution in [1.82, 2.24) is 19.5 Å². The van der Waals surface area contributed by atoms with Gasteiger partial charge in [-0.1, -0.05) is 140 Å². The lowest BCUT2D eigenvalue weighted by Crippen LogP contribution is -2.07. The monoisotopic (exact) mass is 860 g/mol. The number of nitrogens with zero attached hydrogens (tertiary/aromatic N) is 4. The Kier molecular flexibility index (Phi) is 7.28. The van der Waals surface area contributed by atoms with Crippen molar-refractivity contribution in [3.8, 4) is 39.9 Å². The molecule has 0 aliphatic carbocycles. The minimum absolute atomic E-state index is 0.505. The van der Waals surface area contributed by atoms with Gasteiger partial charge < -0.3 is 8.83 Å². The van der Waals surface area contributed by atoms with Gasteiger partial charge in [-0.3, -0.25) is 4.57 Å². The van der Waals surface area contributed by atoms with Crippen LogP contribution >= 0.6 is 11.3 Å². The van der Waals surface area contributed by atoms with E-state index >= 15 is 0 Å². The van der Waals surface area contributed by atoms with Gasteiger partial charge in [0.2, 0.25) is 5.95 Å². The van der Waals surface area contributed by atoms with Gasteiger partial charge in [-0.2, -0.15) is 9.97 Å². The molecule has 7 heteroatoms. The summed E-state index contributed by atoms with van der Waals surface area (Å²) < 4.78 is 17.8. The SMILES string of the molecule is c1ccc2cc3c(cc2c1)c1cccc(-c2ccc4c(c2)sc2ccc5ccccc5c24)c1n3-c1nc(-c2ccc3c(c2)oc2ccccc23)nc(-c2cccc3c2oc2ccccc23)n1. The Labute approximate surface area is 379 Å². The van der Waals surface area contributed by atoms with Crippen LogP contribution in [-0.2, 0) is 0 Å². The molecule has 15 rings (SSSR count). The molecule has 0 amide bonds. The molecule has 0 fully saturated rings. The highest BCUT2D eigenvalue weighted by Crippen LogP contribution is 2.44. The van der Waals surface area contributed by atoms with E-state index in [-0.39, 0.29) is 0 Å². The van der Waals surface area contributed by atoms with Crippen LogP contribution in [0.5, 0.6) is 0 Å². The fourth-order valence-corrected chi connectivity index (χ4v) is 11.6. The number of benzene rings is 10. The van der Waals surface area contributed by atoms with Gasteiger partial charge in [0.25, 0.3) is 0 Å². The summed E-state index contributed by atoms with van der Waals surface area (Å²) in [5, 5.41) is 13.8. The first-order chi connectivity index (χ1) is 32.7. The predicted molar refractivity (Wildman–Crippen MR) is 273 cm³/mol. The molecule has 66 heavy (non-hydrogen) atoms. The van der Waals surface area contributed by atoms with E-state index in [9.17, 15) is 0 Å². The Bertz CT molecular complexity index is 4550. The van der Waals surface area contributed by atoms with Crippen molar-refractivity contribution in [1.29, 1.82) is 0 Å². The standard InChI is InChI=1S/C59H32N4O2S/c1-2-13-35-30-48-47(29-34(35)12-1)43-18-9-17-39(36-23-27-45-53(32-36)66-52-28-25-33-11-3-4-14-38(33)54(45)52)55(43)63(48)59-61-57(37-24-26-42-40-15-5-7-21-49(40)64-51(42)31-37)60-58(62-59)46-20-10-19-44-41-16-6-8-22-50(41)65-56(44)46/h1-32H. The third kappa shape index (κ3) is 5.14. The number of hydrogen-bond donors (Lipinski definition) is 0. The molecule has 0 radical (unpaired) electrons. The zero-order valence-corrected chi connectivity index (χ0v) is 35.8. The smallest absolute Gasteiger partial charge is 0.238 e. The van der Waals surface area contributed by atoms with Gasteiger partial charge in [0, 0.05) is 63.6 Å². The molecule has 6 nitrogen and oxygen atoms in total. The summed E-state index contributed by atoms with van der Waals surface area (Å²) in [6, 6.07) is 68.6. The molecule has 5 aromatic heterocycles. The maximum absolute atomic E-state index is 6.63. The van der Waals surface area contributed by atoms with Gasteiger partial charge in [-0.15, -0.1) is 11.3 Å². The molecular weight excluding hydrogens is 829 g/mol. The van der Waals surface area contributed by atoms with Crippen LogP contribution in [0.15, 0.2) is 203 Å². The summed E-state index contributed by atoms with van der Waals surface area (Å²) in [6.07, 6.45) is 0. The van der Waals surface area contributed by atoms with Crippen molar-refractivity contribution in [2.45, 2.75) is 0 Å². The summed E-state index contributed by atoms with van der Waals surface area (Å²) in [5.41, 5.74) is 8.98. The Balaban J connectivity index is 1.03. The van der Waals surface area contributed by atoms with Crippen LogP contribution < -0.4 is 0 Å². The first-order valence-electron chi connectivity index (χ1n) is 22.1. The molecule has 0 atom stereocenters. The lowest BCUT2D eigenvalue weighted by Gasteiger charge is -2.13. The first-order valence-corrected chi connectivity index (χ1v) is 22.9. The molecule has 0 aliphatic heterocycles. The van der Waals surface area contributed by atoms with E-state index in [1.165, 1.54) is 36.3 Å². The lowest BCUT2D eigenvalue weighted by atomic mass is 9.99. The van der Waals surface area contributed by atoms with Gasteiger partial charge in [-0.05, 0) is 81.7 Å². The van der Waals surface area contributed by atoms with Gasteiger partial charge in [0.1, 0.15) is 22.3 Å². The zero-order valence-electron chi connectivity index (χ0n) is 35.0. The number of rotatable bonds is 4. The molecule has 0 saturated heterocycles. The second-order valence-electron chi connectivity index (χ2n) is 17.1. The topological polar surface area (TPSA) is 69.9 Å². The molecule has 0 unspecified atom stereocenters. The van der Waals surface area contributed by atoms with Crippen LogP contribution in [0.25, 0.3) is 147 Å². The van der Waals surface area contributed by atoms with Gasteiger partial charge >= 0.3 is 0 Å². The van der Waals surface area contributed by atoms with Crippen molar-refractivity contribution < 1.29 is 8.83 Å². The van der Waals surface area contributed by atoms with Crippen molar-refractivity contribution in [3.63, 3.8) is 0 Å². The van der Waals surface area contributed by atoms with Crippen molar-refractivity contribution >= 4 is 119 Å². The molecule has 0 saturated carbocycles. The summed E-state index contributed by atoms with van der Waals surface area (Å²) in [5.74, 6) is 1.54. The summed E-state index contributed by atoms with van der Waals surface area (Å²) >= 11 is 1.84. The number of fused-ring (bicyclic) bond motifs is 15. The molecule has 0 N–H and O–H groups in total. The van der Waals surface area contributed by atoms with Crippen LogP contribution in [0.1, 0.15) is 0 Å². The average Bonchev–Trinajstić information content (AvgIpc) is 4.14. The molecule has 0 bridgehead atoms. The summed E-state index contributed by atoms with van der Waals surface area (Å²) in [6.45, 7) is 0. The fourth-order valence-electron chi connectivity index (χ4n) is 10.4. The third-order valence-electron chi connectivity index (χ3n) is 13.4. The maximum atomic E-state index is 6.63. The van der Waals surface area contributed by atoms with E-state index in [1.807, 2.05) is 59.9 Å². The maximum Gasteiger partial charge on any atom is 0.238 e. The Morgan fingerprint density at radius 2 is 1.03 bits per heavy atom. The average molecular weight is 861 g/mol. The number of furan rings is 2. The Morgan fingerprint density at radius 3 is 1.89 bits per heavy atom. The summed E-state index contributed by atoms with van der Waals surface area (Å²) in [7, 11) is 0. The highest BCUT2D eigenvalue weighted by atomic mass is 32.1. The Morgan fingerprint density at radius 1 is 0.379 bits per heavy atom. The minimum atomic E-state index is 0.505. The normalized spacial score (nSPS) is 12.2. The van der Waals surface area contributed by atoms with E-state index in [0.29, 0.717) is 17.6 Å². The number of hydrogen-bond acceptors (Lipinski definition) is 6. The predicted octanol–water partition coefficient (Wildman–Crippen LogP) is 16.4. The fraction of sp³-hybridized carbons (Fsp3) is 0. The highest BCUT2D eigenvalue weighted by molar-refractivity contribution is 7.26. The van der Waals surface area contributed by atoms with Crippen molar-refractivity contribution in [2.24, 2.45) is 0 Å².